The molecule has 0 saturated carbocycles. The zero-order chi connectivity index (χ0) is 6.85. The predicted molar refractivity (Wildman–Crippen MR) is 36.5 cm³/mol. The van der Waals surface area contributed by atoms with E-state index in [1.807, 2.05) is 6.92 Å². The van der Waals surface area contributed by atoms with Crippen LogP contribution in [0.2, 0.25) is 0 Å². The standard InChI is InChI=1S/C5H9NO2S/c1-3-4(5(7)8)6-2-9-3/h3-4,6H,2H2,1H3,(H,7,8). The Morgan fingerprint density at radius 1 is 1.89 bits per heavy atom. The summed E-state index contributed by atoms with van der Waals surface area (Å²) in [6.07, 6.45) is 0. The molecule has 1 saturated heterocycles. The van der Waals surface area contributed by atoms with E-state index in [0.717, 1.165) is 5.88 Å². The first-order valence-corrected chi connectivity index (χ1v) is 3.84. The van der Waals surface area contributed by atoms with E-state index in [1.165, 1.54) is 0 Å². The molecule has 0 aliphatic carbocycles. The zero-order valence-electron chi connectivity index (χ0n) is 5.13. The molecule has 0 radical (unpaired) electrons. The smallest absolute Gasteiger partial charge is 0.321 e. The first-order chi connectivity index (χ1) is 4.22. The highest BCUT2D eigenvalue weighted by Crippen LogP contribution is 2.19. The fourth-order valence-electron chi connectivity index (χ4n) is 0.820. The molecule has 52 valence electrons. The lowest BCUT2D eigenvalue weighted by molar-refractivity contribution is -0.139. The van der Waals surface area contributed by atoms with E-state index in [9.17, 15) is 4.79 Å². The Morgan fingerprint density at radius 2 is 2.56 bits per heavy atom. The highest BCUT2D eigenvalue weighted by atomic mass is 32.2. The second kappa shape index (κ2) is 2.58. The van der Waals surface area contributed by atoms with Crippen molar-refractivity contribution >= 4 is 17.7 Å². The van der Waals surface area contributed by atoms with Crippen molar-refractivity contribution in [3.05, 3.63) is 0 Å². The van der Waals surface area contributed by atoms with Gasteiger partial charge in [-0.1, -0.05) is 6.92 Å². The molecule has 0 aromatic rings. The number of thioether (sulfide) groups is 1. The van der Waals surface area contributed by atoms with E-state index >= 15 is 0 Å². The summed E-state index contributed by atoms with van der Waals surface area (Å²) in [6.45, 7) is 1.92. The van der Waals surface area contributed by atoms with Crippen molar-refractivity contribution < 1.29 is 9.90 Å². The molecule has 1 aliphatic heterocycles. The van der Waals surface area contributed by atoms with Crippen molar-refractivity contribution in [2.75, 3.05) is 5.88 Å². The second-order valence-corrected chi connectivity index (χ2v) is 3.40. The molecule has 3 nitrogen and oxygen atoms in total. The Kier molecular flexibility index (Phi) is 1.97. The van der Waals surface area contributed by atoms with Crippen LogP contribution in [0.3, 0.4) is 0 Å². The molecule has 0 amide bonds. The SMILES string of the molecule is CC1SCNC1C(=O)O. The Morgan fingerprint density at radius 3 is 2.78 bits per heavy atom. The summed E-state index contributed by atoms with van der Waals surface area (Å²) in [5.41, 5.74) is 0. The Labute approximate surface area is 57.8 Å². The van der Waals surface area contributed by atoms with Crippen LogP contribution in [0.1, 0.15) is 6.92 Å². The first-order valence-electron chi connectivity index (χ1n) is 2.79. The van der Waals surface area contributed by atoms with Crippen LogP contribution in [0, 0.1) is 0 Å². The van der Waals surface area contributed by atoms with Gasteiger partial charge in [0.25, 0.3) is 0 Å². The van der Waals surface area contributed by atoms with Gasteiger partial charge in [0.15, 0.2) is 0 Å². The maximum Gasteiger partial charge on any atom is 0.321 e. The van der Waals surface area contributed by atoms with Crippen molar-refractivity contribution in [1.82, 2.24) is 5.32 Å². The van der Waals surface area contributed by atoms with E-state index in [2.05, 4.69) is 5.32 Å². The molecule has 0 aromatic heterocycles. The van der Waals surface area contributed by atoms with Gasteiger partial charge >= 0.3 is 5.97 Å². The van der Waals surface area contributed by atoms with Crippen LogP contribution in [0.25, 0.3) is 0 Å². The van der Waals surface area contributed by atoms with E-state index in [-0.39, 0.29) is 11.3 Å². The van der Waals surface area contributed by atoms with Gasteiger partial charge in [-0.25, -0.2) is 0 Å². The van der Waals surface area contributed by atoms with Crippen molar-refractivity contribution in [3.63, 3.8) is 0 Å². The molecule has 9 heavy (non-hydrogen) atoms. The lowest BCUT2D eigenvalue weighted by atomic mass is 10.2. The number of carboxylic acids is 1. The van der Waals surface area contributed by atoms with Gasteiger partial charge in [-0.2, -0.15) is 0 Å². The maximum atomic E-state index is 10.3. The van der Waals surface area contributed by atoms with Crippen LogP contribution >= 0.6 is 11.8 Å². The summed E-state index contributed by atoms with van der Waals surface area (Å²) in [7, 11) is 0. The lowest BCUT2D eigenvalue weighted by Crippen LogP contribution is -2.36. The zero-order valence-corrected chi connectivity index (χ0v) is 5.94. The van der Waals surface area contributed by atoms with Crippen molar-refractivity contribution in [2.24, 2.45) is 0 Å². The maximum absolute atomic E-state index is 10.3. The number of carbonyl (C=O) groups is 1. The summed E-state index contributed by atoms with van der Waals surface area (Å²) in [4.78, 5) is 10.3. The van der Waals surface area contributed by atoms with E-state index < -0.39 is 5.97 Å². The van der Waals surface area contributed by atoms with Gasteiger partial charge in [0.05, 0.1) is 0 Å². The van der Waals surface area contributed by atoms with E-state index in [0.29, 0.717) is 0 Å². The quantitative estimate of drug-likeness (QED) is 0.553. The molecule has 1 rings (SSSR count). The highest BCUT2D eigenvalue weighted by Gasteiger charge is 2.29. The van der Waals surface area contributed by atoms with Gasteiger partial charge in [-0.15, -0.1) is 11.8 Å². The number of carboxylic acid groups (broad SMARTS) is 1. The van der Waals surface area contributed by atoms with Crippen LogP contribution in [0.5, 0.6) is 0 Å². The molecule has 2 N–H and O–H groups in total. The van der Waals surface area contributed by atoms with Crippen molar-refractivity contribution in [2.45, 2.75) is 18.2 Å². The van der Waals surface area contributed by atoms with Gasteiger partial charge < -0.3 is 5.11 Å². The average Bonchev–Trinajstić information content (AvgIpc) is 2.13. The summed E-state index contributed by atoms with van der Waals surface area (Å²) in [6, 6.07) is -0.338. The van der Waals surface area contributed by atoms with Gasteiger partial charge in [0, 0.05) is 11.1 Å². The van der Waals surface area contributed by atoms with Crippen LogP contribution < -0.4 is 5.32 Å². The third-order valence-electron chi connectivity index (χ3n) is 1.38. The van der Waals surface area contributed by atoms with Crippen LogP contribution in [0.15, 0.2) is 0 Å². The Bertz CT molecular complexity index is 128. The number of rotatable bonds is 1. The average molecular weight is 147 g/mol. The molecule has 1 aliphatic rings. The van der Waals surface area contributed by atoms with Crippen molar-refractivity contribution in [1.29, 1.82) is 0 Å². The molecule has 1 heterocycles. The minimum absolute atomic E-state index is 0.211. The molecule has 0 bridgehead atoms. The molecular formula is C5H9NO2S. The second-order valence-electron chi connectivity index (χ2n) is 2.04. The Hall–Kier alpha value is -0.220. The molecule has 4 heteroatoms. The summed E-state index contributed by atoms with van der Waals surface area (Å²) < 4.78 is 0. The summed E-state index contributed by atoms with van der Waals surface area (Å²) in [5, 5.41) is 11.6. The van der Waals surface area contributed by atoms with Gasteiger partial charge in [0.1, 0.15) is 6.04 Å². The minimum Gasteiger partial charge on any atom is -0.480 e. The fraction of sp³-hybridized carbons (Fsp3) is 0.800. The highest BCUT2D eigenvalue weighted by molar-refractivity contribution is 8.00. The fourth-order valence-corrected chi connectivity index (χ4v) is 1.76. The molecule has 2 atom stereocenters. The first kappa shape index (κ1) is 6.89. The van der Waals surface area contributed by atoms with Gasteiger partial charge in [-0.3, -0.25) is 10.1 Å². The largest absolute Gasteiger partial charge is 0.480 e. The molecule has 1 fully saturated rings. The number of hydrogen-bond acceptors (Lipinski definition) is 3. The normalized spacial score (nSPS) is 34.8. The van der Waals surface area contributed by atoms with Crippen LogP contribution in [-0.4, -0.2) is 28.2 Å². The number of hydrogen-bond donors (Lipinski definition) is 2. The van der Waals surface area contributed by atoms with E-state index in [1.54, 1.807) is 11.8 Å². The third kappa shape index (κ3) is 1.37. The third-order valence-corrected chi connectivity index (χ3v) is 2.52. The van der Waals surface area contributed by atoms with Gasteiger partial charge in [-0.05, 0) is 0 Å². The van der Waals surface area contributed by atoms with E-state index in [4.69, 9.17) is 5.11 Å². The topological polar surface area (TPSA) is 49.3 Å². The van der Waals surface area contributed by atoms with Gasteiger partial charge in [0.2, 0.25) is 0 Å². The monoisotopic (exact) mass is 147 g/mol. The number of aliphatic carboxylic acids is 1. The van der Waals surface area contributed by atoms with Crippen LogP contribution in [0.4, 0.5) is 0 Å². The number of nitrogens with one attached hydrogen (secondary N) is 1. The van der Waals surface area contributed by atoms with Crippen LogP contribution in [-0.2, 0) is 4.79 Å². The molecule has 2 unspecified atom stereocenters. The minimum atomic E-state index is -0.743. The molecule has 0 spiro atoms. The summed E-state index contributed by atoms with van der Waals surface area (Å²) >= 11 is 1.64. The van der Waals surface area contributed by atoms with Crippen molar-refractivity contribution in [3.8, 4) is 0 Å². The molecule has 0 aromatic carbocycles. The summed E-state index contributed by atoms with van der Waals surface area (Å²) in [5.74, 6) is 0.0190. The Balaban J connectivity index is 2.49. The lowest BCUT2D eigenvalue weighted by Gasteiger charge is -2.06. The molecular weight excluding hydrogens is 138 g/mol. The predicted octanol–water partition coefficient (Wildman–Crippen LogP) is 0.122.